The lowest BCUT2D eigenvalue weighted by Gasteiger charge is -2.05. The van der Waals surface area contributed by atoms with Gasteiger partial charge in [0, 0.05) is 6.54 Å². The maximum absolute atomic E-state index is 12.1. The number of aromatic nitrogens is 1. The van der Waals surface area contributed by atoms with Gasteiger partial charge in [-0.3, -0.25) is 0 Å². The molecule has 0 amide bonds. The van der Waals surface area contributed by atoms with Crippen molar-refractivity contribution < 1.29 is 17.9 Å². The van der Waals surface area contributed by atoms with Crippen LogP contribution in [0.15, 0.2) is 30.3 Å². The maximum Gasteiger partial charge on any atom is 0.411 e. The lowest BCUT2D eigenvalue weighted by Crippen LogP contribution is -2.16. The SMILES string of the molecule is CNCc1nc(COCC(F)(F)F)sc1-c1ccccc1. The Morgan fingerprint density at radius 1 is 1.24 bits per heavy atom. The third kappa shape index (κ3) is 4.80. The summed E-state index contributed by atoms with van der Waals surface area (Å²) in [5.41, 5.74) is 1.82. The van der Waals surface area contributed by atoms with Crippen LogP contribution in [0.2, 0.25) is 0 Å². The minimum Gasteiger partial charge on any atom is -0.365 e. The summed E-state index contributed by atoms with van der Waals surface area (Å²) in [7, 11) is 1.80. The number of ether oxygens (including phenoxy) is 1. The van der Waals surface area contributed by atoms with Crippen molar-refractivity contribution in [3.8, 4) is 10.4 Å². The van der Waals surface area contributed by atoms with Crippen molar-refractivity contribution in [1.29, 1.82) is 0 Å². The smallest absolute Gasteiger partial charge is 0.365 e. The van der Waals surface area contributed by atoms with Crippen LogP contribution in [0.25, 0.3) is 10.4 Å². The average Bonchev–Trinajstić information content (AvgIpc) is 2.82. The standard InChI is InChI=1S/C14H15F3N2OS/c1-18-7-11-13(10-5-3-2-4-6-10)21-12(19-11)8-20-9-14(15,16)17/h2-6,18H,7-9H2,1H3. The summed E-state index contributed by atoms with van der Waals surface area (Å²) >= 11 is 1.36. The molecule has 0 saturated heterocycles. The van der Waals surface area contributed by atoms with Crippen LogP contribution in [-0.2, 0) is 17.9 Å². The molecule has 1 heterocycles. The minimum absolute atomic E-state index is 0.131. The van der Waals surface area contributed by atoms with Crippen molar-refractivity contribution in [2.75, 3.05) is 13.7 Å². The van der Waals surface area contributed by atoms with Gasteiger partial charge in [-0.25, -0.2) is 4.98 Å². The second-order valence-electron chi connectivity index (χ2n) is 4.39. The zero-order valence-corrected chi connectivity index (χ0v) is 12.2. The van der Waals surface area contributed by atoms with Crippen molar-refractivity contribution in [2.24, 2.45) is 0 Å². The van der Waals surface area contributed by atoms with Crippen LogP contribution in [0.3, 0.4) is 0 Å². The Balaban J connectivity index is 2.14. The molecule has 0 fully saturated rings. The number of halogens is 3. The summed E-state index contributed by atoms with van der Waals surface area (Å²) < 4.78 is 40.9. The summed E-state index contributed by atoms with van der Waals surface area (Å²) in [6, 6.07) is 9.64. The molecule has 0 atom stereocenters. The molecule has 7 heteroatoms. The lowest BCUT2D eigenvalue weighted by molar-refractivity contribution is -0.176. The van der Waals surface area contributed by atoms with Gasteiger partial charge in [0.25, 0.3) is 0 Å². The van der Waals surface area contributed by atoms with Gasteiger partial charge < -0.3 is 10.1 Å². The summed E-state index contributed by atoms with van der Waals surface area (Å²) in [5, 5.41) is 3.56. The van der Waals surface area contributed by atoms with E-state index >= 15 is 0 Å². The van der Waals surface area contributed by atoms with E-state index in [1.165, 1.54) is 11.3 Å². The predicted molar refractivity (Wildman–Crippen MR) is 76.0 cm³/mol. The van der Waals surface area contributed by atoms with Gasteiger partial charge in [0.1, 0.15) is 11.6 Å². The van der Waals surface area contributed by atoms with Crippen LogP contribution in [0, 0.1) is 0 Å². The Morgan fingerprint density at radius 3 is 2.57 bits per heavy atom. The average molecular weight is 316 g/mol. The second-order valence-corrected chi connectivity index (χ2v) is 5.47. The third-order valence-corrected chi connectivity index (χ3v) is 3.73. The summed E-state index contributed by atoms with van der Waals surface area (Å²) in [6.07, 6.45) is -4.31. The molecule has 1 N–H and O–H groups in total. The van der Waals surface area contributed by atoms with Crippen molar-refractivity contribution in [3.05, 3.63) is 41.0 Å². The Labute approximate surface area is 124 Å². The van der Waals surface area contributed by atoms with Crippen LogP contribution < -0.4 is 5.32 Å². The molecule has 0 unspecified atom stereocenters. The van der Waals surface area contributed by atoms with Gasteiger partial charge in [0.05, 0.1) is 17.2 Å². The fraction of sp³-hybridized carbons (Fsp3) is 0.357. The zero-order chi connectivity index (χ0) is 15.3. The van der Waals surface area contributed by atoms with Crippen LogP contribution in [0.1, 0.15) is 10.7 Å². The number of hydrogen-bond acceptors (Lipinski definition) is 4. The van der Waals surface area contributed by atoms with Gasteiger partial charge in [-0.05, 0) is 12.6 Å². The minimum atomic E-state index is -4.31. The number of alkyl halides is 3. The van der Waals surface area contributed by atoms with E-state index in [1.807, 2.05) is 30.3 Å². The summed E-state index contributed by atoms with van der Waals surface area (Å²) in [5.74, 6) is 0. The Bertz CT molecular complexity index is 569. The van der Waals surface area contributed by atoms with E-state index in [0.717, 1.165) is 16.1 Å². The first-order valence-electron chi connectivity index (χ1n) is 6.32. The Morgan fingerprint density at radius 2 is 1.95 bits per heavy atom. The van der Waals surface area contributed by atoms with Gasteiger partial charge in [-0.15, -0.1) is 11.3 Å². The number of hydrogen-bond donors (Lipinski definition) is 1. The Kier molecular flexibility index (Phi) is 5.33. The van der Waals surface area contributed by atoms with E-state index in [2.05, 4.69) is 15.0 Å². The number of rotatable bonds is 6. The fourth-order valence-corrected chi connectivity index (χ4v) is 2.84. The van der Waals surface area contributed by atoms with Crippen LogP contribution in [-0.4, -0.2) is 24.8 Å². The first kappa shape index (κ1) is 15.9. The molecule has 0 saturated carbocycles. The van der Waals surface area contributed by atoms with Gasteiger partial charge in [0.15, 0.2) is 0 Å². The number of nitrogens with zero attached hydrogens (tertiary/aromatic N) is 1. The van der Waals surface area contributed by atoms with Crippen molar-refractivity contribution >= 4 is 11.3 Å². The van der Waals surface area contributed by atoms with Gasteiger partial charge in [-0.1, -0.05) is 30.3 Å². The molecule has 0 aliphatic rings. The summed E-state index contributed by atoms with van der Waals surface area (Å²) in [6.45, 7) is -0.831. The monoisotopic (exact) mass is 316 g/mol. The topological polar surface area (TPSA) is 34.2 Å². The van der Waals surface area contributed by atoms with Gasteiger partial charge in [0.2, 0.25) is 0 Å². The summed E-state index contributed by atoms with van der Waals surface area (Å²) in [4.78, 5) is 5.31. The molecule has 0 radical (unpaired) electrons. The highest BCUT2D eigenvalue weighted by Gasteiger charge is 2.27. The fourth-order valence-electron chi connectivity index (χ4n) is 1.82. The molecule has 2 rings (SSSR count). The molecule has 2 aromatic rings. The predicted octanol–water partition coefficient (Wildman–Crippen LogP) is 3.61. The molecule has 0 aliphatic carbocycles. The van der Waals surface area contributed by atoms with Gasteiger partial charge in [-0.2, -0.15) is 13.2 Å². The molecular formula is C14H15F3N2OS. The number of nitrogens with one attached hydrogen (secondary N) is 1. The number of thiazole rings is 1. The molecule has 114 valence electrons. The third-order valence-electron chi connectivity index (χ3n) is 2.61. The zero-order valence-electron chi connectivity index (χ0n) is 11.4. The highest BCUT2D eigenvalue weighted by Crippen LogP contribution is 2.31. The van der Waals surface area contributed by atoms with E-state index in [1.54, 1.807) is 7.05 Å². The molecule has 0 bridgehead atoms. The van der Waals surface area contributed by atoms with E-state index in [4.69, 9.17) is 0 Å². The van der Waals surface area contributed by atoms with E-state index < -0.39 is 12.8 Å². The van der Waals surface area contributed by atoms with Crippen LogP contribution in [0.5, 0.6) is 0 Å². The first-order valence-corrected chi connectivity index (χ1v) is 7.14. The highest BCUT2D eigenvalue weighted by atomic mass is 32.1. The first-order chi connectivity index (χ1) is 9.99. The number of benzene rings is 1. The van der Waals surface area contributed by atoms with Crippen molar-refractivity contribution in [2.45, 2.75) is 19.3 Å². The molecule has 3 nitrogen and oxygen atoms in total. The van der Waals surface area contributed by atoms with Gasteiger partial charge >= 0.3 is 6.18 Å². The lowest BCUT2D eigenvalue weighted by atomic mass is 10.1. The second kappa shape index (κ2) is 7.02. The van der Waals surface area contributed by atoms with Crippen molar-refractivity contribution in [1.82, 2.24) is 10.3 Å². The van der Waals surface area contributed by atoms with E-state index in [-0.39, 0.29) is 6.61 Å². The molecule has 21 heavy (non-hydrogen) atoms. The maximum atomic E-state index is 12.1. The molecule has 1 aromatic heterocycles. The molecule has 1 aromatic carbocycles. The van der Waals surface area contributed by atoms with E-state index in [9.17, 15) is 13.2 Å². The molecular weight excluding hydrogens is 301 g/mol. The van der Waals surface area contributed by atoms with E-state index in [0.29, 0.717) is 11.6 Å². The van der Waals surface area contributed by atoms with Crippen molar-refractivity contribution in [3.63, 3.8) is 0 Å². The quantitative estimate of drug-likeness (QED) is 0.884. The molecule has 0 spiro atoms. The Hall–Kier alpha value is -1.44. The molecule has 0 aliphatic heterocycles. The highest BCUT2D eigenvalue weighted by molar-refractivity contribution is 7.15. The van der Waals surface area contributed by atoms with Crippen LogP contribution >= 0.6 is 11.3 Å². The normalized spacial score (nSPS) is 11.8. The largest absolute Gasteiger partial charge is 0.411 e. The van der Waals surface area contributed by atoms with Crippen LogP contribution in [0.4, 0.5) is 13.2 Å².